The third kappa shape index (κ3) is 5.00. The molecule has 2 saturated heterocycles. The number of aromatic nitrogens is 1. The summed E-state index contributed by atoms with van der Waals surface area (Å²) < 4.78 is 7.42. The lowest BCUT2D eigenvalue weighted by Crippen LogP contribution is -2.38. The molecular weight excluding hydrogens is 452 g/mol. The smallest absolute Gasteiger partial charge is 0.270 e. The van der Waals surface area contributed by atoms with Gasteiger partial charge in [0, 0.05) is 57.0 Å². The molecule has 0 N–H and O–H groups in total. The average Bonchev–Trinajstić information content (AvgIpc) is 3.03. The average molecular weight is 479 g/mol. The quantitative estimate of drug-likeness (QED) is 0.336. The summed E-state index contributed by atoms with van der Waals surface area (Å²) in [6.07, 6.45) is 2.51. The van der Waals surface area contributed by atoms with Crippen molar-refractivity contribution in [2.75, 3.05) is 49.3 Å². The number of nitriles is 1. The van der Waals surface area contributed by atoms with E-state index in [1.54, 1.807) is 24.9 Å². The summed E-state index contributed by atoms with van der Waals surface area (Å²) in [6.45, 7) is 7.06. The van der Waals surface area contributed by atoms with Crippen molar-refractivity contribution in [1.29, 1.82) is 5.26 Å². The van der Waals surface area contributed by atoms with E-state index < -0.39 is 0 Å². The Morgan fingerprint density at radius 3 is 2.65 bits per heavy atom. The Bertz CT molecular complexity index is 1010. The van der Waals surface area contributed by atoms with Crippen molar-refractivity contribution in [2.24, 2.45) is 7.05 Å². The zero-order chi connectivity index (χ0) is 22.5. The summed E-state index contributed by atoms with van der Waals surface area (Å²) in [5, 5.41) is 9.57. The van der Waals surface area contributed by atoms with Crippen LogP contribution in [-0.4, -0.2) is 64.0 Å². The lowest BCUT2D eigenvalue weighted by molar-refractivity contribution is -0.122. The molecule has 166 valence electrons. The predicted octanol–water partition coefficient (Wildman–Crippen LogP) is 2.75. The number of amides is 1. The van der Waals surface area contributed by atoms with Gasteiger partial charge < -0.3 is 9.64 Å². The Morgan fingerprint density at radius 1 is 1.29 bits per heavy atom. The number of anilines is 1. The summed E-state index contributed by atoms with van der Waals surface area (Å²) in [5.41, 5.74) is 1.13. The third-order valence-electron chi connectivity index (χ3n) is 5.30. The van der Waals surface area contributed by atoms with E-state index in [1.165, 1.54) is 16.3 Å². The molecule has 0 spiro atoms. The van der Waals surface area contributed by atoms with E-state index in [1.807, 2.05) is 24.8 Å². The molecule has 1 amide bonds. The second-order valence-corrected chi connectivity index (χ2v) is 10.1. The molecule has 0 saturated carbocycles. The first kappa shape index (κ1) is 23.9. The highest BCUT2D eigenvalue weighted by molar-refractivity contribution is 8.26. The van der Waals surface area contributed by atoms with Crippen LogP contribution in [0.2, 0.25) is 0 Å². The zero-order valence-electron chi connectivity index (χ0n) is 18.0. The van der Waals surface area contributed by atoms with Crippen molar-refractivity contribution in [3.63, 3.8) is 0 Å². The van der Waals surface area contributed by atoms with Crippen molar-refractivity contribution in [2.45, 2.75) is 20.3 Å². The van der Waals surface area contributed by atoms with Crippen LogP contribution < -0.4 is 10.5 Å². The summed E-state index contributed by atoms with van der Waals surface area (Å²) in [5.74, 6) is 2.55. The Balaban J connectivity index is 2.02. The van der Waals surface area contributed by atoms with Crippen LogP contribution in [0.1, 0.15) is 30.0 Å². The molecule has 2 aliphatic rings. The van der Waals surface area contributed by atoms with Crippen LogP contribution in [0.5, 0.6) is 0 Å². The van der Waals surface area contributed by atoms with Gasteiger partial charge in [0.15, 0.2) is 0 Å². The SMILES string of the molecule is CCOCCCN1C(=O)C(=Cc2c(C)c(C#N)c(=O)n(C)c2N2CCSCC2)SC1=S. The highest BCUT2D eigenvalue weighted by Crippen LogP contribution is 2.36. The first-order valence-electron chi connectivity index (χ1n) is 10.2. The van der Waals surface area contributed by atoms with Gasteiger partial charge in [0.05, 0.1) is 4.91 Å². The summed E-state index contributed by atoms with van der Waals surface area (Å²) in [6, 6.07) is 2.04. The Kier molecular flexibility index (Phi) is 8.22. The number of carbonyl (C=O) groups is 1. The zero-order valence-corrected chi connectivity index (χ0v) is 20.4. The first-order valence-corrected chi connectivity index (χ1v) is 12.6. The molecule has 1 aromatic rings. The van der Waals surface area contributed by atoms with E-state index >= 15 is 0 Å². The molecule has 7 nitrogen and oxygen atoms in total. The lowest BCUT2D eigenvalue weighted by Gasteiger charge is -2.32. The Morgan fingerprint density at radius 2 is 2.00 bits per heavy atom. The summed E-state index contributed by atoms with van der Waals surface area (Å²) >= 11 is 8.58. The van der Waals surface area contributed by atoms with Gasteiger partial charge in [-0.1, -0.05) is 24.0 Å². The van der Waals surface area contributed by atoms with Crippen molar-refractivity contribution in [3.8, 4) is 6.07 Å². The molecular formula is C21H26N4O3S3. The van der Waals surface area contributed by atoms with Gasteiger partial charge in [0.2, 0.25) is 0 Å². The third-order valence-corrected chi connectivity index (χ3v) is 7.62. The fraction of sp³-hybridized carbons (Fsp3) is 0.524. The second-order valence-electron chi connectivity index (χ2n) is 7.20. The monoisotopic (exact) mass is 478 g/mol. The van der Waals surface area contributed by atoms with Crippen molar-refractivity contribution in [3.05, 3.63) is 31.9 Å². The van der Waals surface area contributed by atoms with E-state index in [4.69, 9.17) is 17.0 Å². The molecule has 1 aromatic heterocycles. The minimum atomic E-state index is -0.311. The van der Waals surface area contributed by atoms with Crippen LogP contribution in [0.15, 0.2) is 9.70 Å². The van der Waals surface area contributed by atoms with E-state index in [0.29, 0.717) is 41.0 Å². The number of thioether (sulfide) groups is 2. The molecule has 0 aliphatic carbocycles. The maximum atomic E-state index is 13.0. The van der Waals surface area contributed by atoms with Crippen LogP contribution in [0.3, 0.4) is 0 Å². The normalized spacial score (nSPS) is 18.2. The van der Waals surface area contributed by atoms with E-state index in [0.717, 1.165) is 36.0 Å². The lowest BCUT2D eigenvalue weighted by atomic mass is 10.0. The van der Waals surface area contributed by atoms with Crippen LogP contribution in [0.4, 0.5) is 5.82 Å². The van der Waals surface area contributed by atoms with Gasteiger partial charge >= 0.3 is 0 Å². The maximum absolute atomic E-state index is 13.0. The maximum Gasteiger partial charge on any atom is 0.270 e. The summed E-state index contributed by atoms with van der Waals surface area (Å²) in [4.78, 5) is 30.1. The standard InChI is InChI=1S/C21H26N4O3S3/c1-4-28-9-5-6-25-20(27)17(31-21(25)29)12-15-14(2)16(13-22)19(26)23(3)18(15)24-7-10-30-11-8-24/h12H,4-11H2,1-3H3. The molecule has 3 heterocycles. The molecule has 2 aliphatic heterocycles. The molecule has 0 bridgehead atoms. The highest BCUT2D eigenvalue weighted by atomic mass is 32.2. The van der Waals surface area contributed by atoms with E-state index in [-0.39, 0.29) is 17.0 Å². The van der Waals surface area contributed by atoms with Crippen molar-refractivity contribution >= 4 is 57.9 Å². The molecule has 31 heavy (non-hydrogen) atoms. The van der Waals surface area contributed by atoms with Gasteiger partial charge in [0.25, 0.3) is 11.5 Å². The van der Waals surface area contributed by atoms with Crippen LogP contribution in [0.25, 0.3) is 6.08 Å². The number of thiocarbonyl (C=S) groups is 1. The summed E-state index contributed by atoms with van der Waals surface area (Å²) in [7, 11) is 1.69. The first-order chi connectivity index (χ1) is 14.9. The van der Waals surface area contributed by atoms with Crippen molar-refractivity contribution < 1.29 is 9.53 Å². The molecule has 2 fully saturated rings. The Hall–Kier alpha value is -1.80. The molecule has 0 radical (unpaired) electrons. The number of hydrogen-bond donors (Lipinski definition) is 0. The number of rotatable bonds is 7. The number of pyridine rings is 1. The van der Waals surface area contributed by atoms with Crippen LogP contribution >= 0.6 is 35.7 Å². The number of nitrogens with zero attached hydrogens (tertiary/aromatic N) is 4. The van der Waals surface area contributed by atoms with Gasteiger partial charge in [0.1, 0.15) is 21.8 Å². The molecule has 10 heteroatoms. The largest absolute Gasteiger partial charge is 0.382 e. The van der Waals surface area contributed by atoms with Gasteiger partial charge in [-0.05, 0) is 31.9 Å². The molecule has 3 rings (SSSR count). The topological polar surface area (TPSA) is 78.6 Å². The van der Waals surface area contributed by atoms with E-state index in [2.05, 4.69) is 4.90 Å². The predicted molar refractivity (Wildman–Crippen MR) is 132 cm³/mol. The van der Waals surface area contributed by atoms with Crippen molar-refractivity contribution in [1.82, 2.24) is 9.47 Å². The second kappa shape index (κ2) is 10.7. The fourth-order valence-electron chi connectivity index (χ4n) is 3.66. The number of ether oxygens (including phenoxy) is 1. The van der Waals surface area contributed by atoms with Gasteiger partial charge in [-0.3, -0.25) is 19.1 Å². The van der Waals surface area contributed by atoms with Gasteiger partial charge in [-0.25, -0.2) is 0 Å². The number of carbonyl (C=O) groups excluding carboxylic acids is 1. The fourth-order valence-corrected chi connectivity index (χ4v) is 5.86. The minimum Gasteiger partial charge on any atom is -0.382 e. The van der Waals surface area contributed by atoms with Crippen LogP contribution in [0, 0.1) is 18.3 Å². The molecule has 0 aromatic carbocycles. The highest BCUT2D eigenvalue weighted by Gasteiger charge is 2.33. The Labute approximate surface area is 196 Å². The van der Waals surface area contributed by atoms with Gasteiger partial charge in [-0.2, -0.15) is 17.0 Å². The van der Waals surface area contributed by atoms with E-state index in [9.17, 15) is 14.9 Å². The molecule has 0 unspecified atom stereocenters. The van der Waals surface area contributed by atoms with Crippen LogP contribution in [-0.2, 0) is 16.6 Å². The van der Waals surface area contributed by atoms with Gasteiger partial charge in [-0.15, -0.1) is 0 Å². The number of hydrogen-bond acceptors (Lipinski definition) is 8. The minimum absolute atomic E-state index is 0.107. The molecule has 0 atom stereocenters.